The summed E-state index contributed by atoms with van der Waals surface area (Å²) in [5.41, 5.74) is 1.44. The summed E-state index contributed by atoms with van der Waals surface area (Å²) < 4.78 is 13.2. The molecule has 2 aromatic heterocycles. The standard InChI is InChI=1S/C16H11ClFN3O/c1-9-13(6-10-2-4-12(18)7-14(10)20-9)16(22)21-15-5-3-11(17)8-19-15/h2-8H,1H3,(H,19,21,22). The zero-order valence-electron chi connectivity index (χ0n) is 11.6. The molecular weight excluding hydrogens is 305 g/mol. The van der Waals surface area contributed by atoms with E-state index in [-0.39, 0.29) is 11.7 Å². The number of amides is 1. The van der Waals surface area contributed by atoms with Gasteiger partial charge in [-0.25, -0.2) is 9.37 Å². The number of fused-ring (bicyclic) bond motifs is 1. The highest BCUT2D eigenvalue weighted by molar-refractivity contribution is 6.30. The topological polar surface area (TPSA) is 54.9 Å². The van der Waals surface area contributed by atoms with Gasteiger partial charge in [-0.3, -0.25) is 9.78 Å². The average Bonchev–Trinajstić information content (AvgIpc) is 2.48. The van der Waals surface area contributed by atoms with Crippen LogP contribution in [0.25, 0.3) is 10.9 Å². The van der Waals surface area contributed by atoms with Gasteiger partial charge in [-0.1, -0.05) is 11.6 Å². The van der Waals surface area contributed by atoms with E-state index in [0.29, 0.717) is 33.0 Å². The Labute approximate surface area is 131 Å². The maximum atomic E-state index is 13.2. The molecule has 0 saturated heterocycles. The molecule has 0 fully saturated rings. The van der Waals surface area contributed by atoms with Crippen molar-refractivity contribution >= 4 is 34.2 Å². The minimum atomic E-state index is -0.359. The normalized spacial score (nSPS) is 10.7. The number of hydrogen-bond acceptors (Lipinski definition) is 3. The molecule has 6 heteroatoms. The SMILES string of the molecule is Cc1nc2cc(F)ccc2cc1C(=O)Nc1ccc(Cl)cn1. The van der Waals surface area contributed by atoms with E-state index in [1.807, 2.05) is 0 Å². The highest BCUT2D eigenvalue weighted by Crippen LogP contribution is 2.19. The van der Waals surface area contributed by atoms with Crippen LogP contribution in [0, 0.1) is 12.7 Å². The molecule has 2 heterocycles. The summed E-state index contributed by atoms with van der Waals surface area (Å²) in [5, 5.41) is 3.86. The molecular formula is C16H11ClFN3O. The number of anilines is 1. The van der Waals surface area contributed by atoms with Crippen LogP contribution in [-0.4, -0.2) is 15.9 Å². The summed E-state index contributed by atoms with van der Waals surface area (Å²) in [7, 11) is 0. The molecule has 1 aromatic carbocycles. The first-order valence-electron chi connectivity index (χ1n) is 6.53. The zero-order valence-corrected chi connectivity index (χ0v) is 12.4. The second kappa shape index (κ2) is 5.69. The Bertz CT molecular complexity index is 865. The Morgan fingerprint density at radius 3 is 2.77 bits per heavy atom. The second-order valence-corrected chi connectivity index (χ2v) is 5.21. The van der Waals surface area contributed by atoms with Crippen LogP contribution in [0.15, 0.2) is 42.6 Å². The van der Waals surface area contributed by atoms with Gasteiger partial charge in [0, 0.05) is 17.6 Å². The minimum Gasteiger partial charge on any atom is -0.307 e. The molecule has 1 amide bonds. The van der Waals surface area contributed by atoms with Crippen LogP contribution in [-0.2, 0) is 0 Å². The van der Waals surface area contributed by atoms with Crippen LogP contribution in [0.3, 0.4) is 0 Å². The van der Waals surface area contributed by atoms with Crippen molar-refractivity contribution in [3.05, 3.63) is 64.7 Å². The van der Waals surface area contributed by atoms with Crippen molar-refractivity contribution in [3.63, 3.8) is 0 Å². The predicted molar refractivity (Wildman–Crippen MR) is 83.6 cm³/mol. The molecule has 0 spiro atoms. The molecule has 0 aliphatic rings. The maximum Gasteiger partial charge on any atom is 0.258 e. The van der Waals surface area contributed by atoms with Crippen LogP contribution in [0.2, 0.25) is 5.02 Å². The van der Waals surface area contributed by atoms with Crippen molar-refractivity contribution in [3.8, 4) is 0 Å². The second-order valence-electron chi connectivity index (χ2n) is 4.77. The van der Waals surface area contributed by atoms with E-state index in [1.165, 1.54) is 18.3 Å². The molecule has 4 nitrogen and oxygen atoms in total. The molecule has 0 aliphatic heterocycles. The smallest absolute Gasteiger partial charge is 0.258 e. The lowest BCUT2D eigenvalue weighted by atomic mass is 10.1. The van der Waals surface area contributed by atoms with Gasteiger partial charge in [-0.05, 0) is 37.3 Å². The van der Waals surface area contributed by atoms with Gasteiger partial charge in [-0.15, -0.1) is 0 Å². The number of carbonyl (C=O) groups is 1. The number of nitrogens with one attached hydrogen (secondary N) is 1. The largest absolute Gasteiger partial charge is 0.307 e. The first-order chi connectivity index (χ1) is 10.5. The molecule has 0 unspecified atom stereocenters. The van der Waals surface area contributed by atoms with E-state index < -0.39 is 0 Å². The molecule has 0 aliphatic carbocycles. The van der Waals surface area contributed by atoms with Gasteiger partial charge in [0.05, 0.1) is 21.8 Å². The highest BCUT2D eigenvalue weighted by atomic mass is 35.5. The number of rotatable bonds is 2. The number of nitrogens with zero attached hydrogens (tertiary/aromatic N) is 2. The van der Waals surface area contributed by atoms with E-state index in [9.17, 15) is 9.18 Å². The van der Waals surface area contributed by atoms with Crippen LogP contribution in [0.4, 0.5) is 10.2 Å². The van der Waals surface area contributed by atoms with Gasteiger partial charge < -0.3 is 5.32 Å². The third-order valence-corrected chi connectivity index (χ3v) is 3.41. The van der Waals surface area contributed by atoms with Gasteiger partial charge in [-0.2, -0.15) is 0 Å². The Kier molecular flexibility index (Phi) is 3.73. The summed E-state index contributed by atoms with van der Waals surface area (Å²) in [5.74, 6) is -0.291. The molecule has 0 atom stereocenters. The van der Waals surface area contributed by atoms with Crippen molar-refractivity contribution < 1.29 is 9.18 Å². The summed E-state index contributed by atoms with van der Waals surface area (Å²) in [6.07, 6.45) is 1.45. The molecule has 1 N–H and O–H groups in total. The number of benzene rings is 1. The van der Waals surface area contributed by atoms with Gasteiger partial charge in [0.2, 0.25) is 0 Å². The van der Waals surface area contributed by atoms with E-state index in [0.717, 1.165) is 0 Å². The van der Waals surface area contributed by atoms with Gasteiger partial charge >= 0.3 is 0 Å². The fraction of sp³-hybridized carbons (Fsp3) is 0.0625. The lowest BCUT2D eigenvalue weighted by molar-refractivity contribution is 0.102. The quantitative estimate of drug-likeness (QED) is 0.778. The third kappa shape index (κ3) is 2.89. The molecule has 3 rings (SSSR count). The Morgan fingerprint density at radius 1 is 1.23 bits per heavy atom. The van der Waals surface area contributed by atoms with E-state index in [4.69, 9.17) is 11.6 Å². The number of carbonyl (C=O) groups excluding carboxylic acids is 1. The molecule has 0 radical (unpaired) electrons. The predicted octanol–water partition coefficient (Wildman–Crippen LogP) is 3.98. The molecule has 0 saturated carbocycles. The van der Waals surface area contributed by atoms with Crippen LogP contribution < -0.4 is 5.32 Å². The van der Waals surface area contributed by atoms with Gasteiger partial charge in [0.1, 0.15) is 11.6 Å². The van der Waals surface area contributed by atoms with Crippen molar-refractivity contribution in [1.29, 1.82) is 0 Å². The highest BCUT2D eigenvalue weighted by Gasteiger charge is 2.13. The van der Waals surface area contributed by atoms with Crippen molar-refractivity contribution in [2.75, 3.05) is 5.32 Å². The lowest BCUT2D eigenvalue weighted by Gasteiger charge is -2.08. The van der Waals surface area contributed by atoms with Crippen LogP contribution in [0.5, 0.6) is 0 Å². The zero-order chi connectivity index (χ0) is 15.7. The summed E-state index contributed by atoms with van der Waals surface area (Å²) in [4.78, 5) is 20.6. The number of halogens is 2. The fourth-order valence-corrected chi connectivity index (χ4v) is 2.21. The monoisotopic (exact) mass is 315 g/mol. The molecule has 3 aromatic rings. The van der Waals surface area contributed by atoms with E-state index in [1.54, 1.807) is 31.2 Å². The van der Waals surface area contributed by atoms with E-state index >= 15 is 0 Å². The van der Waals surface area contributed by atoms with Gasteiger partial charge in [0.25, 0.3) is 5.91 Å². The Hall–Kier alpha value is -2.53. The number of hydrogen-bond donors (Lipinski definition) is 1. The lowest BCUT2D eigenvalue weighted by Crippen LogP contribution is -2.15. The van der Waals surface area contributed by atoms with Gasteiger partial charge in [0.15, 0.2) is 0 Å². The minimum absolute atomic E-state index is 0.328. The molecule has 0 bridgehead atoms. The summed E-state index contributed by atoms with van der Waals surface area (Å²) in [6.45, 7) is 1.70. The first-order valence-corrected chi connectivity index (χ1v) is 6.90. The first kappa shape index (κ1) is 14.4. The van der Waals surface area contributed by atoms with Crippen molar-refractivity contribution in [2.24, 2.45) is 0 Å². The van der Waals surface area contributed by atoms with Crippen molar-refractivity contribution in [1.82, 2.24) is 9.97 Å². The Balaban J connectivity index is 1.94. The van der Waals surface area contributed by atoms with Crippen molar-refractivity contribution in [2.45, 2.75) is 6.92 Å². The van der Waals surface area contributed by atoms with Crippen LogP contribution in [0.1, 0.15) is 16.1 Å². The Morgan fingerprint density at radius 2 is 2.05 bits per heavy atom. The van der Waals surface area contributed by atoms with E-state index in [2.05, 4.69) is 15.3 Å². The summed E-state index contributed by atoms with van der Waals surface area (Å²) in [6, 6.07) is 9.20. The molecule has 110 valence electrons. The fourth-order valence-electron chi connectivity index (χ4n) is 2.10. The number of pyridine rings is 2. The number of aryl methyl sites for hydroxylation is 1. The maximum absolute atomic E-state index is 13.2. The average molecular weight is 316 g/mol. The number of aromatic nitrogens is 2. The van der Waals surface area contributed by atoms with Crippen LogP contribution >= 0.6 is 11.6 Å². The third-order valence-electron chi connectivity index (χ3n) is 3.18. The summed E-state index contributed by atoms with van der Waals surface area (Å²) >= 11 is 5.75. The molecule has 22 heavy (non-hydrogen) atoms.